The van der Waals surface area contributed by atoms with Crippen LogP contribution in [0, 0.1) is 11.3 Å². The van der Waals surface area contributed by atoms with E-state index in [4.69, 9.17) is 5.26 Å². The third-order valence-electron chi connectivity index (χ3n) is 3.43. The van der Waals surface area contributed by atoms with Gasteiger partial charge in [0.05, 0.1) is 11.4 Å². The average Bonchev–Trinajstić information content (AvgIpc) is 2.92. The largest absolute Gasteiger partial charge is 0.372 e. The summed E-state index contributed by atoms with van der Waals surface area (Å²) in [6.45, 7) is 8.25. The monoisotopic (exact) mass is 269 g/mol. The maximum Gasteiger partial charge on any atom is 0.186 e. The highest BCUT2D eigenvalue weighted by molar-refractivity contribution is 5.51. The summed E-state index contributed by atoms with van der Waals surface area (Å²) in [6.07, 6.45) is 0.730. The Morgan fingerprint density at radius 3 is 2.30 bits per heavy atom. The predicted octanol–water partition coefficient (Wildman–Crippen LogP) is 2.55. The molecule has 1 heterocycles. The number of nitrogens with zero attached hydrogens (tertiary/aromatic N) is 5. The minimum atomic E-state index is 0.403. The number of hydrogen-bond donors (Lipinski definition) is 0. The Balaban J connectivity index is 2.35. The van der Waals surface area contributed by atoms with E-state index >= 15 is 0 Å². The highest BCUT2D eigenvalue weighted by Gasteiger charge is 2.12. The van der Waals surface area contributed by atoms with Gasteiger partial charge in [0.2, 0.25) is 0 Å². The first-order valence-corrected chi connectivity index (χ1v) is 6.95. The van der Waals surface area contributed by atoms with Gasteiger partial charge < -0.3 is 4.90 Å². The van der Waals surface area contributed by atoms with E-state index in [1.165, 1.54) is 5.69 Å². The highest BCUT2D eigenvalue weighted by Crippen LogP contribution is 2.19. The van der Waals surface area contributed by atoms with Crippen molar-refractivity contribution in [1.82, 2.24) is 15.0 Å². The van der Waals surface area contributed by atoms with E-state index < -0.39 is 0 Å². The Kier molecular flexibility index (Phi) is 4.36. The Morgan fingerprint density at radius 2 is 1.80 bits per heavy atom. The first-order chi connectivity index (χ1) is 9.74. The van der Waals surface area contributed by atoms with E-state index in [9.17, 15) is 0 Å². The van der Waals surface area contributed by atoms with Crippen LogP contribution in [0.4, 0.5) is 5.69 Å². The van der Waals surface area contributed by atoms with E-state index in [-0.39, 0.29) is 0 Å². The van der Waals surface area contributed by atoms with Crippen molar-refractivity contribution in [3.8, 4) is 11.8 Å². The third-order valence-corrected chi connectivity index (χ3v) is 3.43. The molecule has 0 aliphatic carbocycles. The van der Waals surface area contributed by atoms with Crippen molar-refractivity contribution in [3.05, 3.63) is 35.7 Å². The Morgan fingerprint density at radius 1 is 1.15 bits per heavy atom. The molecule has 0 unspecified atom stereocenters. The van der Waals surface area contributed by atoms with Gasteiger partial charge in [-0.15, -0.1) is 5.10 Å². The molecule has 104 valence electrons. The van der Waals surface area contributed by atoms with Gasteiger partial charge in [0, 0.05) is 18.8 Å². The quantitative estimate of drug-likeness (QED) is 0.837. The second kappa shape index (κ2) is 6.20. The molecule has 0 fully saturated rings. The number of nitriles is 1. The molecule has 0 bridgehead atoms. The molecule has 5 nitrogen and oxygen atoms in total. The van der Waals surface area contributed by atoms with Crippen LogP contribution in [0.1, 0.15) is 32.2 Å². The standard InChI is InChI=1S/C15H19N5/c1-4-15-14(11-16)17-18-20(15)13-9-7-12(8-10-13)19(5-2)6-3/h7-10H,4-6H2,1-3H3. The van der Waals surface area contributed by atoms with Crippen molar-refractivity contribution >= 4 is 5.69 Å². The molecular weight excluding hydrogens is 250 g/mol. The zero-order valence-corrected chi connectivity index (χ0v) is 12.2. The minimum Gasteiger partial charge on any atom is -0.372 e. The first kappa shape index (κ1) is 14.1. The summed E-state index contributed by atoms with van der Waals surface area (Å²) in [6, 6.07) is 10.3. The predicted molar refractivity (Wildman–Crippen MR) is 79.0 cm³/mol. The zero-order chi connectivity index (χ0) is 14.5. The van der Waals surface area contributed by atoms with Crippen LogP contribution in [0.5, 0.6) is 0 Å². The summed E-state index contributed by atoms with van der Waals surface area (Å²) >= 11 is 0. The van der Waals surface area contributed by atoms with E-state index in [0.29, 0.717) is 5.69 Å². The van der Waals surface area contributed by atoms with Crippen molar-refractivity contribution in [3.63, 3.8) is 0 Å². The summed E-state index contributed by atoms with van der Waals surface area (Å²) in [5, 5.41) is 17.0. The Hall–Kier alpha value is -2.35. The molecule has 1 aromatic heterocycles. The molecule has 0 saturated heterocycles. The fourth-order valence-electron chi connectivity index (χ4n) is 2.31. The molecule has 20 heavy (non-hydrogen) atoms. The molecule has 2 rings (SSSR count). The number of anilines is 1. The van der Waals surface area contributed by atoms with Crippen LogP contribution in [-0.4, -0.2) is 28.1 Å². The molecule has 0 radical (unpaired) electrons. The summed E-state index contributed by atoms with van der Waals surface area (Å²) in [5.74, 6) is 0. The molecule has 0 amide bonds. The van der Waals surface area contributed by atoms with Crippen LogP contribution < -0.4 is 4.90 Å². The maximum absolute atomic E-state index is 9.02. The van der Waals surface area contributed by atoms with Crippen LogP contribution in [0.3, 0.4) is 0 Å². The fraction of sp³-hybridized carbons (Fsp3) is 0.400. The van der Waals surface area contributed by atoms with Gasteiger partial charge in [-0.1, -0.05) is 12.1 Å². The molecule has 0 saturated carbocycles. The van der Waals surface area contributed by atoms with Crippen molar-refractivity contribution in [2.24, 2.45) is 0 Å². The Labute approximate surface area is 119 Å². The molecule has 0 aliphatic rings. The lowest BCUT2D eigenvalue weighted by Gasteiger charge is -2.21. The van der Waals surface area contributed by atoms with Gasteiger partial charge in [0.15, 0.2) is 5.69 Å². The summed E-state index contributed by atoms with van der Waals surface area (Å²) in [7, 11) is 0. The lowest BCUT2D eigenvalue weighted by Crippen LogP contribution is -2.21. The van der Waals surface area contributed by atoms with Crippen LogP contribution in [0.25, 0.3) is 5.69 Å². The average molecular weight is 269 g/mol. The van der Waals surface area contributed by atoms with Crippen molar-refractivity contribution in [2.45, 2.75) is 27.2 Å². The number of rotatable bonds is 5. The van der Waals surface area contributed by atoms with E-state index in [2.05, 4.69) is 47.3 Å². The SMILES string of the molecule is CCc1c(C#N)nnn1-c1ccc(N(CC)CC)cc1. The van der Waals surface area contributed by atoms with E-state index in [1.807, 2.05) is 19.1 Å². The normalized spacial score (nSPS) is 10.3. The molecule has 2 aromatic rings. The van der Waals surface area contributed by atoms with Crippen LogP contribution >= 0.6 is 0 Å². The minimum absolute atomic E-state index is 0.403. The van der Waals surface area contributed by atoms with Gasteiger partial charge in [0.25, 0.3) is 0 Å². The number of hydrogen-bond acceptors (Lipinski definition) is 4. The number of benzene rings is 1. The van der Waals surface area contributed by atoms with Gasteiger partial charge in [0.1, 0.15) is 6.07 Å². The maximum atomic E-state index is 9.02. The molecule has 5 heteroatoms. The molecule has 0 atom stereocenters. The molecule has 1 aromatic carbocycles. The molecule has 0 aliphatic heterocycles. The van der Waals surface area contributed by atoms with Crippen molar-refractivity contribution < 1.29 is 0 Å². The fourth-order valence-corrected chi connectivity index (χ4v) is 2.31. The lowest BCUT2D eigenvalue weighted by atomic mass is 10.2. The second-order valence-electron chi connectivity index (χ2n) is 4.45. The van der Waals surface area contributed by atoms with Crippen molar-refractivity contribution in [1.29, 1.82) is 5.26 Å². The van der Waals surface area contributed by atoms with Crippen LogP contribution in [-0.2, 0) is 6.42 Å². The molecular formula is C15H19N5. The lowest BCUT2D eigenvalue weighted by molar-refractivity contribution is 0.766. The van der Waals surface area contributed by atoms with Crippen LogP contribution in [0.2, 0.25) is 0 Å². The Bertz CT molecular complexity index is 602. The first-order valence-electron chi connectivity index (χ1n) is 6.95. The smallest absolute Gasteiger partial charge is 0.186 e. The van der Waals surface area contributed by atoms with Crippen molar-refractivity contribution in [2.75, 3.05) is 18.0 Å². The second-order valence-corrected chi connectivity index (χ2v) is 4.45. The summed E-state index contributed by atoms with van der Waals surface area (Å²) in [4.78, 5) is 2.28. The van der Waals surface area contributed by atoms with Gasteiger partial charge in [-0.2, -0.15) is 5.26 Å². The topological polar surface area (TPSA) is 57.7 Å². The zero-order valence-electron chi connectivity index (χ0n) is 12.2. The van der Waals surface area contributed by atoms with E-state index in [1.54, 1.807) is 4.68 Å². The highest BCUT2D eigenvalue weighted by atomic mass is 15.4. The molecule has 0 spiro atoms. The van der Waals surface area contributed by atoms with Gasteiger partial charge in [-0.25, -0.2) is 4.68 Å². The van der Waals surface area contributed by atoms with Gasteiger partial charge in [-0.05, 0) is 44.5 Å². The summed E-state index contributed by atoms with van der Waals surface area (Å²) < 4.78 is 1.74. The van der Waals surface area contributed by atoms with Crippen LogP contribution in [0.15, 0.2) is 24.3 Å². The summed E-state index contributed by atoms with van der Waals surface area (Å²) in [5.41, 5.74) is 3.38. The third kappa shape index (κ3) is 2.50. The number of aromatic nitrogens is 3. The van der Waals surface area contributed by atoms with Gasteiger partial charge >= 0.3 is 0 Å². The molecule has 0 N–H and O–H groups in total. The van der Waals surface area contributed by atoms with Gasteiger partial charge in [-0.3, -0.25) is 0 Å². The van der Waals surface area contributed by atoms with E-state index in [0.717, 1.165) is 30.9 Å².